The van der Waals surface area contributed by atoms with Gasteiger partial charge >= 0.3 is 6.18 Å². The van der Waals surface area contributed by atoms with Crippen molar-refractivity contribution in [2.45, 2.75) is 32.7 Å². The zero-order chi connectivity index (χ0) is 14.6. The summed E-state index contributed by atoms with van der Waals surface area (Å²) in [5.74, 6) is 0. The predicted molar refractivity (Wildman–Crippen MR) is 72.1 cm³/mol. The van der Waals surface area contributed by atoms with Gasteiger partial charge in [0.25, 0.3) is 0 Å². The molecule has 0 aliphatic heterocycles. The average Bonchev–Trinajstić information content (AvgIpc) is 2.86. The highest BCUT2D eigenvalue weighted by atomic mass is 19.4. The van der Waals surface area contributed by atoms with Crippen LogP contribution in [0.2, 0.25) is 0 Å². The number of nitrogens with one attached hydrogen (secondary N) is 1. The fraction of sp³-hybridized carbons (Fsp3) is 0.333. The van der Waals surface area contributed by atoms with E-state index in [1.165, 1.54) is 12.1 Å². The molecule has 2 rings (SSSR count). The fourth-order valence-corrected chi connectivity index (χ4v) is 2.11. The molecule has 0 amide bonds. The Kier molecular flexibility index (Phi) is 4.49. The van der Waals surface area contributed by atoms with Gasteiger partial charge in [0.2, 0.25) is 0 Å². The second-order valence-corrected chi connectivity index (χ2v) is 4.59. The minimum atomic E-state index is -4.28. The van der Waals surface area contributed by atoms with Crippen molar-refractivity contribution in [3.63, 3.8) is 0 Å². The van der Waals surface area contributed by atoms with Crippen molar-refractivity contribution in [3.05, 3.63) is 59.4 Å². The number of hydrogen-bond donors (Lipinski definition) is 1. The standard InChI is InChI=1S/C15H17F3N2/c1-2-20-8-4-7-14(20)11-19-10-12-5-3-6-13(9-12)15(16,17)18/h3-9,19H,2,10-11H2,1H3. The van der Waals surface area contributed by atoms with E-state index in [0.717, 1.165) is 18.3 Å². The molecule has 0 atom stereocenters. The third kappa shape index (κ3) is 3.63. The molecule has 0 radical (unpaired) electrons. The molecule has 1 N–H and O–H groups in total. The molecule has 20 heavy (non-hydrogen) atoms. The van der Waals surface area contributed by atoms with Crippen LogP contribution in [0.15, 0.2) is 42.6 Å². The Morgan fingerprint density at radius 2 is 1.90 bits per heavy atom. The van der Waals surface area contributed by atoms with Crippen LogP contribution in [-0.2, 0) is 25.8 Å². The lowest BCUT2D eigenvalue weighted by atomic mass is 10.1. The Labute approximate surface area is 116 Å². The number of benzene rings is 1. The van der Waals surface area contributed by atoms with E-state index >= 15 is 0 Å². The Balaban J connectivity index is 1.95. The maximum atomic E-state index is 12.6. The van der Waals surface area contributed by atoms with Gasteiger partial charge in [-0.15, -0.1) is 0 Å². The Morgan fingerprint density at radius 1 is 1.10 bits per heavy atom. The van der Waals surface area contributed by atoms with E-state index in [9.17, 15) is 13.2 Å². The summed E-state index contributed by atoms with van der Waals surface area (Å²) in [5.41, 5.74) is 1.16. The molecule has 0 bridgehead atoms. The molecule has 2 nitrogen and oxygen atoms in total. The summed E-state index contributed by atoms with van der Waals surface area (Å²) >= 11 is 0. The third-order valence-electron chi connectivity index (χ3n) is 3.15. The first kappa shape index (κ1) is 14.7. The first-order valence-electron chi connectivity index (χ1n) is 6.51. The van der Waals surface area contributed by atoms with E-state index in [2.05, 4.69) is 16.8 Å². The molecule has 2 aromatic rings. The zero-order valence-corrected chi connectivity index (χ0v) is 11.2. The van der Waals surface area contributed by atoms with Crippen LogP contribution in [-0.4, -0.2) is 4.57 Å². The summed E-state index contributed by atoms with van der Waals surface area (Å²) in [5, 5.41) is 3.17. The van der Waals surface area contributed by atoms with E-state index in [1.54, 1.807) is 6.07 Å². The molecular formula is C15H17F3N2. The van der Waals surface area contributed by atoms with Crippen molar-refractivity contribution in [1.82, 2.24) is 9.88 Å². The molecular weight excluding hydrogens is 265 g/mol. The molecule has 1 aromatic heterocycles. The number of halogens is 3. The van der Waals surface area contributed by atoms with E-state index in [0.29, 0.717) is 18.7 Å². The van der Waals surface area contributed by atoms with Crippen molar-refractivity contribution < 1.29 is 13.2 Å². The van der Waals surface area contributed by atoms with Gasteiger partial charge in [-0.25, -0.2) is 0 Å². The Hall–Kier alpha value is -1.75. The topological polar surface area (TPSA) is 17.0 Å². The van der Waals surface area contributed by atoms with Gasteiger partial charge in [-0.2, -0.15) is 13.2 Å². The molecule has 0 spiro atoms. The minimum Gasteiger partial charge on any atom is -0.351 e. The van der Waals surface area contributed by atoms with Gasteiger partial charge in [0.15, 0.2) is 0 Å². The molecule has 0 saturated heterocycles. The third-order valence-corrected chi connectivity index (χ3v) is 3.15. The van der Waals surface area contributed by atoms with E-state index in [4.69, 9.17) is 0 Å². The molecule has 0 aliphatic rings. The number of hydrogen-bond acceptors (Lipinski definition) is 1. The molecule has 0 fully saturated rings. The van der Waals surface area contributed by atoms with E-state index in [-0.39, 0.29) is 0 Å². The predicted octanol–water partition coefficient (Wildman–Crippen LogP) is 3.82. The van der Waals surface area contributed by atoms with Gasteiger partial charge in [0.05, 0.1) is 5.56 Å². The van der Waals surface area contributed by atoms with Crippen LogP contribution < -0.4 is 5.32 Å². The quantitative estimate of drug-likeness (QED) is 0.882. The van der Waals surface area contributed by atoms with Crippen molar-refractivity contribution >= 4 is 0 Å². The summed E-state index contributed by atoms with van der Waals surface area (Å²) < 4.78 is 39.9. The smallest absolute Gasteiger partial charge is 0.351 e. The summed E-state index contributed by atoms with van der Waals surface area (Å²) in [6.45, 7) is 3.99. The minimum absolute atomic E-state index is 0.415. The molecule has 0 aliphatic carbocycles. The first-order valence-corrected chi connectivity index (χ1v) is 6.51. The second kappa shape index (κ2) is 6.13. The highest BCUT2D eigenvalue weighted by Crippen LogP contribution is 2.29. The highest BCUT2D eigenvalue weighted by molar-refractivity contribution is 5.25. The van der Waals surface area contributed by atoms with Crippen LogP contribution in [0.1, 0.15) is 23.7 Å². The van der Waals surface area contributed by atoms with Crippen LogP contribution in [0, 0.1) is 0 Å². The normalized spacial score (nSPS) is 11.8. The molecule has 0 saturated carbocycles. The van der Waals surface area contributed by atoms with Crippen LogP contribution >= 0.6 is 0 Å². The highest BCUT2D eigenvalue weighted by Gasteiger charge is 2.30. The molecule has 5 heteroatoms. The first-order chi connectivity index (χ1) is 9.50. The van der Waals surface area contributed by atoms with E-state index < -0.39 is 11.7 Å². The van der Waals surface area contributed by atoms with Crippen molar-refractivity contribution in [1.29, 1.82) is 0 Å². The lowest BCUT2D eigenvalue weighted by Crippen LogP contribution is -2.16. The summed E-state index contributed by atoms with van der Waals surface area (Å²) in [4.78, 5) is 0. The van der Waals surface area contributed by atoms with Crippen LogP contribution in [0.25, 0.3) is 0 Å². The zero-order valence-electron chi connectivity index (χ0n) is 11.2. The number of nitrogens with zero attached hydrogens (tertiary/aromatic N) is 1. The average molecular weight is 282 g/mol. The van der Waals surface area contributed by atoms with E-state index in [1.807, 2.05) is 18.3 Å². The molecule has 108 valence electrons. The molecule has 1 aromatic carbocycles. The summed E-state index contributed by atoms with van der Waals surface area (Å²) in [7, 11) is 0. The lowest BCUT2D eigenvalue weighted by molar-refractivity contribution is -0.137. The number of aryl methyl sites for hydroxylation is 1. The second-order valence-electron chi connectivity index (χ2n) is 4.59. The van der Waals surface area contributed by atoms with Crippen molar-refractivity contribution in [2.75, 3.05) is 0 Å². The Bertz CT molecular complexity index is 558. The maximum absolute atomic E-state index is 12.6. The number of alkyl halides is 3. The van der Waals surface area contributed by atoms with Gasteiger partial charge in [0.1, 0.15) is 0 Å². The monoisotopic (exact) mass is 282 g/mol. The van der Waals surface area contributed by atoms with Gasteiger partial charge in [-0.05, 0) is 30.7 Å². The maximum Gasteiger partial charge on any atom is 0.416 e. The molecule has 1 heterocycles. The fourth-order valence-electron chi connectivity index (χ4n) is 2.11. The van der Waals surface area contributed by atoms with Gasteiger partial charge < -0.3 is 9.88 Å². The van der Waals surface area contributed by atoms with Crippen LogP contribution in [0.5, 0.6) is 0 Å². The largest absolute Gasteiger partial charge is 0.416 e. The van der Waals surface area contributed by atoms with Crippen LogP contribution in [0.4, 0.5) is 13.2 Å². The SMILES string of the molecule is CCn1cccc1CNCc1cccc(C(F)(F)F)c1. The van der Waals surface area contributed by atoms with Gasteiger partial charge in [-0.1, -0.05) is 18.2 Å². The lowest BCUT2D eigenvalue weighted by Gasteiger charge is -2.10. The Morgan fingerprint density at radius 3 is 2.60 bits per heavy atom. The van der Waals surface area contributed by atoms with Crippen molar-refractivity contribution in [3.8, 4) is 0 Å². The van der Waals surface area contributed by atoms with Crippen molar-refractivity contribution in [2.24, 2.45) is 0 Å². The van der Waals surface area contributed by atoms with Gasteiger partial charge in [0, 0.05) is 31.5 Å². The summed E-state index contributed by atoms with van der Waals surface area (Å²) in [6, 6.07) is 9.38. The van der Waals surface area contributed by atoms with Crippen LogP contribution in [0.3, 0.4) is 0 Å². The summed E-state index contributed by atoms with van der Waals surface area (Å²) in [6.07, 6.45) is -2.30. The number of rotatable bonds is 5. The molecule has 0 unspecified atom stereocenters. The number of aromatic nitrogens is 1. The van der Waals surface area contributed by atoms with Gasteiger partial charge in [-0.3, -0.25) is 0 Å².